The van der Waals surface area contributed by atoms with Crippen LogP contribution in [0.5, 0.6) is 0 Å². The summed E-state index contributed by atoms with van der Waals surface area (Å²) in [7, 11) is 0. The van der Waals surface area contributed by atoms with Crippen molar-refractivity contribution in [2.45, 2.75) is 116 Å². The van der Waals surface area contributed by atoms with Gasteiger partial charge in [0.05, 0.1) is 11.1 Å². The molecule has 2 unspecified atom stereocenters. The first-order valence-corrected chi connectivity index (χ1v) is 12.9. The van der Waals surface area contributed by atoms with Gasteiger partial charge in [-0.05, 0) is 88.2 Å². The molecule has 0 N–H and O–H groups in total. The molecule has 4 heteroatoms. The van der Waals surface area contributed by atoms with Crippen LogP contribution >= 0.6 is 0 Å². The van der Waals surface area contributed by atoms with Gasteiger partial charge in [-0.3, -0.25) is 0 Å². The van der Waals surface area contributed by atoms with E-state index in [1.165, 1.54) is 12.8 Å². The van der Waals surface area contributed by atoms with E-state index in [1.54, 1.807) is 24.3 Å². The van der Waals surface area contributed by atoms with Gasteiger partial charge >= 0.3 is 11.9 Å². The highest BCUT2D eigenvalue weighted by atomic mass is 16.6. The summed E-state index contributed by atoms with van der Waals surface area (Å²) in [6.07, 6.45) is 12.2. The van der Waals surface area contributed by atoms with E-state index in [0.29, 0.717) is 23.0 Å². The smallest absolute Gasteiger partial charge is 0.339 e. The zero-order valence-electron chi connectivity index (χ0n) is 20.6. The van der Waals surface area contributed by atoms with Crippen molar-refractivity contribution in [2.75, 3.05) is 0 Å². The molecular formula is C28H42O4. The van der Waals surface area contributed by atoms with Gasteiger partial charge in [-0.15, -0.1) is 0 Å². The van der Waals surface area contributed by atoms with Crippen LogP contribution in [0.25, 0.3) is 0 Å². The molecule has 2 saturated carbocycles. The molecule has 2 fully saturated rings. The van der Waals surface area contributed by atoms with E-state index < -0.39 is 11.2 Å². The second kappa shape index (κ2) is 10.9. The van der Waals surface area contributed by atoms with Crippen molar-refractivity contribution in [1.29, 1.82) is 0 Å². The number of hydrogen-bond donors (Lipinski definition) is 0. The van der Waals surface area contributed by atoms with Crippen LogP contribution in [0.3, 0.4) is 0 Å². The Morgan fingerprint density at radius 2 is 1.06 bits per heavy atom. The first kappa shape index (κ1) is 24.8. The Kier molecular flexibility index (Phi) is 8.41. The minimum atomic E-state index is -0.428. The lowest BCUT2D eigenvalue weighted by Gasteiger charge is -2.42. The normalized spacial score (nSPS) is 21.9. The van der Waals surface area contributed by atoms with Gasteiger partial charge in [-0.25, -0.2) is 9.59 Å². The molecule has 1 aromatic rings. The number of esters is 2. The summed E-state index contributed by atoms with van der Waals surface area (Å²) < 4.78 is 12.5. The molecule has 1 aromatic carbocycles. The SMILES string of the molecule is CCC(C)C1(OC(=O)c2ccccc2C(=O)OC2(C(C)CC)CCCCC2)CCCCC1. The van der Waals surface area contributed by atoms with Crippen molar-refractivity contribution in [2.24, 2.45) is 11.8 Å². The molecule has 178 valence electrons. The highest BCUT2D eigenvalue weighted by Gasteiger charge is 2.43. The summed E-state index contributed by atoms with van der Waals surface area (Å²) in [6.45, 7) is 8.66. The van der Waals surface area contributed by atoms with E-state index >= 15 is 0 Å². The molecule has 2 atom stereocenters. The summed E-state index contributed by atoms with van der Waals surface area (Å²) in [6, 6.07) is 7.02. The Hall–Kier alpha value is -1.84. The lowest BCUT2D eigenvalue weighted by Crippen LogP contribution is -2.44. The Bertz CT molecular complexity index is 706. The molecule has 0 aliphatic heterocycles. The largest absolute Gasteiger partial charge is 0.455 e. The van der Waals surface area contributed by atoms with Crippen molar-refractivity contribution < 1.29 is 19.1 Å². The average Bonchev–Trinajstić information content (AvgIpc) is 2.84. The highest BCUT2D eigenvalue weighted by molar-refractivity contribution is 6.03. The summed E-state index contributed by atoms with van der Waals surface area (Å²) in [4.78, 5) is 26.8. The fraction of sp³-hybridized carbons (Fsp3) is 0.714. The first-order chi connectivity index (χ1) is 15.4. The fourth-order valence-corrected chi connectivity index (χ4v) is 5.75. The number of carbonyl (C=O) groups excluding carboxylic acids is 2. The van der Waals surface area contributed by atoms with E-state index in [-0.39, 0.29) is 11.9 Å². The van der Waals surface area contributed by atoms with Gasteiger partial charge in [0.15, 0.2) is 0 Å². The van der Waals surface area contributed by atoms with Crippen LogP contribution in [0.1, 0.15) is 125 Å². The van der Waals surface area contributed by atoms with Crippen LogP contribution in [0.4, 0.5) is 0 Å². The Morgan fingerprint density at radius 1 is 0.719 bits per heavy atom. The van der Waals surface area contributed by atoms with Crippen LogP contribution in [-0.2, 0) is 9.47 Å². The molecule has 0 saturated heterocycles. The molecule has 3 rings (SSSR count). The van der Waals surface area contributed by atoms with Gasteiger partial charge in [0.1, 0.15) is 11.2 Å². The van der Waals surface area contributed by atoms with Crippen molar-refractivity contribution >= 4 is 11.9 Å². The third-order valence-electron chi connectivity index (χ3n) is 8.38. The number of rotatable bonds is 8. The van der Waals surface area contributed by atoms with Crippen molar-refractivity contribution in [3.63, 3.8) is 0 Å². The molecular weight excluding hydrogens is 400 g/mol. The molecule has 2 aliphatic carbocycles. The Morgan fingerprint density at radius 3 is 1.38 bits per heavy atom. The molecule has 4 nitrogen and oxygen atoms in total. The van der Waals surface area contributed by atoms with E-state index in [2.05, 4.69) is 27.7 Å². The zero-order chi connectivity index (χ0) is 23.2. The average molecular weight is 443 g/mol. The summed E-state index contributed by atoms with van der Waals surface area (Å²) >= 11 is 0. The number of ether oxygens (including phenoxy) is 2. The maximum Gasteiger partial charge on any atom is 0.339 e. The molecule has 2 aliphatic rings. The van der Waals surface area contributed by atoms with Crippen LogP contribution in [0, 0.1) is 11.8 Å². The zero-order valence-corrected chi connectivity index (χ0v) is 20.6. The van der Waals surface area contributed by atoms with Crippen LogP contribution < -0.4 is 0 Å². The molecule has 0 bridgehead atoms. The summed E-state index contributed by atoms with van der Waals surface area (Å²) in [5, 5.41) is 0. The van der Waals surface area contributed by atoms with Gasteiger partial charge in [-0.2, -0.15) is 0 Å². The third kappa shape index (κ3) is 5.21. The van der Waals surface area contributed by atoms with Crippen LogP contribution in [0.15, 0.2) is 24.3 Å². The van der Waals surface area contributed by atoms with Gasteiger partial charge in [0.25, 0.3) is 0 Å². The predicted octanol–water partition coefficient (Wildman–Crippen LogP) is 7.50. The quantitative estimate of drug-likeness (QED) is 0.391. The topological polar surface area (TPSA) is 52.6 Å². The highest BCUT2D eigenvalue weighted by Crippen LogP contribution is 2.41. The van der Waals surface area contributed by atoms with Crippen molar-refractivity contribution in [3.05, 3.63) is 35.4 Å². The second-order valence-corrected chi connectivity index (χ2v) is 10.2. The van der Waals surface area contributed by atoms with E-state index in [4.69, 9.17) is 9.47 Å². The van der Waals surface area contributed by atoms with E-state index in [9.17, 15) is 9.59 Å². The van der Waals surface area contributed by atoms with Gasteiger partial charge in [-0.1, -0.05) is 52.7 Å². The standard InChI is InChI=1S/C28H42O4/c1-5-21(3)27(17-11-7-12-18-27)31-25(29)23-15-9-10-16-24(23)26(30)32-28(22(4)6-2)19-13-8-14-20-28/h9-10,15-16,21-22H,5-8,11-14,17-20H2,1-4H3. The lowest BCUT2D eigenvalue weighted by molar-refractivity contribution is -0.0726. The molecule has 0 amide bonds. The monoisotopic (exact) mass is 442 g/mol. The van der Waals surface area contributed by atoms with Gasteiger partial charge < -0.3 is 9.47 Å². The Labute approximate surface area is 194 Å². The number of benzene rings is 1. The van der Waals surface area contributed by atoms with E-state index in [1.807, 2.05) is 0 Å². The number of carbonyl (C=O) groups is 2. The molecule has 0 spiro atoms. The predicted molar refractivity (Wildman–Crippen MR) is 128 cm³/mol. The molecule has 0 aromatic heterocycles. The van der Waals surface area contributed by atoms with E-state index in [0.717, 1.165) is 64.2 Å². The van der Waals surface area contributed by atoms with Crippen LogP contribution in [0.2, 0.25) is 0 Å². The van der Waals surface area contributed by atoms with Crippen molar-refractivity contribution in [3.8, 4) is 0 Å². The third-order valence-corrected chi connectivity index (χ3v) is 8.38. The molecule has 32 heavy (non-hydrogen) atoms. The van der Waals surface area contributed by atoms with Crippen LogP contribution in [-0.4, -0.2) is 23.1 Å². The minimum Gasteiger partial charge on any atom is -0.455 e. The lowest BCUT2D eigenvalue weighted by atomic mass is 9.75. The minimum absolute atomic E-state index is 0.293. The van der Waals surface area contributed by atoms with Gasteiger partial charge in [0.2, 0.25) is 0 Å². The molecule has 0 radical (unpaired) electrons. The van der Waals surface area contributed by atoms with Crippen molar-refractivity contribution in [1.82, 2.24) is 0 Å². The fourth-order valence-electron chi connectivity index (χ4n) is 5.75. The maximum absolute atomic E-state index is 13.4. The number of hydrogen-bond acceptors (Lipinski definition) is 4. The summed E-state index contributed by atoms with van der Waals surface area (Å²) in [5.41, 5.74) is -0.188. The molecule has 0 heterocycles. The summed E-state index contributed by atoms with van der Waals surface area (Å²) in [5.74, 6) is -0.189. The van der Waals surface area contributed by atoms with Gasteiger partial charge in [0, 0.05) is 0 Å². The maximum atomic E-state index is 13.4. The first-order valence-electron chi connectivity index (χ1n) is 12.9. The second-order valence-electron chi connectivity index (χ2n) is 10.2. The Balaban J connectivity index is 1.84.